The van der Waals surface area contributed by atoms with Crippen molar-refractivity contribution >= 4 is 29.7 Å². The fourth-order valence-electron chi connectivity index (χ4n) is 3.69. The Bertz CT molecular complexity index is 999. The molecule has 0 saturated carbocycles. The van der Waals surface area contributed by atoms with E-state index in [0.717, 1.165) is 10.4 Å². The van der Waals surface area contributed by atoms with Gasteiger partial charge in [0.1, 0.15) is 16.3 Å². The van der Waals surface area contributed by atoms with Crippen LogP contribution in [0.4, 0.5) is 4.79 Å². The molecule has 0 N–H and O–H groups in total. The van der Waals surface area contributed by atoms with E-state index in [-0.39, 0.29) is 12.0 Å². The van der Waals surface area contributed by atoms with Crippen LogP contribution in [0, 0.1) is 5.92 Å². The molecule has 0 fully saturated rings. The maximum atomic E-state index is 12.7. The van der Waals surface area contributed by atoms with E-state index in [2.05, 4.69) is 4.98 Å². The number of ether oxygens (including phenoxy) is 3. The molecule has 1 heterocycles. The van der Waals surface area contributed by atoms with E-state index in [9.17, 15) is 14.4 Å². The molecule has 1 aromatic carbocycles. The van der Waals surface area contributed by atoms with Crippen molar-refractivity contribution in [3.8, 4) is 0 Å². The summed E-state index contributed by atoms with van der Waals surface area (Å²) in [6.07, 6.45) is 0.387. The van der Waals surface area contributed by atoms with Gasteiger partial charge in [0.15, 0.2) is 12.4 Å². The summed E-state index contributed by atoms with van der Waals surface area (Å²) in [7, 11) is 1.68. The molecule has 0 spiro atoms. The Kier molecular flexibility index (Phi) is 11.0. The first kappa shape index (κ1) is 29.5. The first-order valence-corrected chi connectivity index (χ1v) is 12.9. The number of aldehydes is 1. The second-order valence-electron chi connectivity index (χ2n) is 10.0. The number of thiazole rings is 1. The second kappa shape index (κ2) is 13.5. The summed E-state index contributed by atoms with van der Waals surface area (Å²) < 4.78 is 16.9. The zero-order valence-electron chi connectivity index (χ0n) is 22.3. The van der Waals surface area contributed by atoms with Crippen LogP contribution in [-0.2, 0) is 32.0 Å². The Hall–Kier alpha value is -2.78. The van der Waals surface area contributed by atoms with Gasteiger partial charge in [0.2, 0.25) is 0 Å². The Morgan fingerprint density at radius 2 is 1.83 bits per heavy atom. The van der Waals surface area contributed by atoms with Gasteiger partial charge in [-0.25, -0.2) is 9.78 Å². The first-order valence-electron chi connectivity index (χ1n) is 12.1. The molecule has 2 aromatic rings. The van der Waals surface area contributed by atoms with Crippen molar-refractivity contribution in [2.24, 2.45) is 5.92 Å². The highest BCUT2D eigenvalue weighted by Crippen LogP contribution is 2.33. The van der Waals surface area contributed by atoms with E-state index in [1.165, 1.54) is 18.3 Å². The summed E-state index contributed by atoms with van der Waals surface area (Å²) in [5.74, 6) is -0.407. The lowest BCUT2D eigenvalue weighted by Gasteiger charge is -2.34. The molecule has 0 aliphatic rings. The van der Waals surface area contributed by atoms with Crippen molar-refractivity contribution in [3.63, 3.8) is 0 Å². The van der Waals surface area contributed by atoms with Crippen LogP contribution in [0.3, 0.4) is 0 Å². The molecule has 9 heteroatoms. The number of amides is 1. The van der Waals surface area contributed by atoms with Crippen LogP contribution in [-0.4, -0.2) is 53.5 Å². The van der Waals surface area contributed by atoms with Crippen molar-refractivity contribution in [1.82, 2.24) is 9.88 Å². The predicted octanol–water partition coefficient (Wildman–Crippen LogP) is 5.60. The van der Waals surface area contributed by atoms with Crippen LogP contribution in [0.1, 0.15) is 80.0 Å². The monoisotopic (exact) mass is 518 g/mol. The van der Waals surface area contributed by atoms with Crippen LogP contribution in [0.15, 0.2) is 30.3 Å². The summed E-state index contributed by atoms with van der Waals surface area (Å²) in [6, 6.07) is 9.56. The minimum absolute atomic E-state index is 0.0527. The lowest BCUT2D eigenvalue weighted by atomic mass is 9.96. The fraction of sp³-hybridized carbons (Fsp3) is 0.556. The van der Waals surface area contributed by atoms with Crippen LogP contribution in [0.2, 0.25) is 0 Å². The molecule has 1 aromatic heterocycles. The van der Waals surface area contributed by atoms with Gasteiger partial charge in [-0.1, -0.05) is 44.2 Å². The molecule has 2 rings (SSSR count). The van der Waals surface area contributed by atoms with E-state index in [1.807, 2.05) is 65.0 Å². The number of esters is 1. The Labute approximate surface area is 218 Å². The number of hydrogen-bond acceptors (Lipinski definition) is 8. The summed E-state index contributed by atoms with van der Waals surface area (Å²) in [5.41, 5.74) is 0.757. The molecule has 0 aliphatic heterocycles. The number of rotatable bonds is 12. The molecule has 1 amide bonds. The maximum Gasteiger partial charge on any atom is 0.410 e. The SMILES string of the molecule is CC(=O)OC(CC(C(C)C)N(C)C(=O)OC(C)(C)C)c1nc(C=O)c(CCOCc2ccccc2)s1. The molecule has 0 aliphatic carbocycles. The van der Waals surface area contributed by atoms with Crippen LogP contribution in [0.5, 0.6) is 0 Å². The minimum atomic E-state index is -0.706. The van der Waals surface area contributed by atoms with Crippen molar-refractivity contribution in [2.45, 2.75) is 78.7 Å². The minimum Gasteiger partial charge on any atom is -0.455 e. The second-order valence-corrected chi connectivity index (χ2v) is 11.1. The Morgan fingerprint density at radius 1 is 1.17 bits per heavy atom. The van der Waals surface area contributed by atoms with Crippen molar-refractivity contribution in [3.05, 3.63) is 51.5 Å². The van der Waals surface area contributed by atoms with Crippen LogP contribution in [0.25, 0.3) is 0 Å². The van der Waals surface area contributed by atoms with E-state index in [1.54, 1.807) is 11.9 Å². The quantitative estimate of drug-likeness (QED) is 0.205. The van der Waals surface area contributed by atoms with Gasteiger partial charge in [0.05, 0.1) is 13.2 Å². The molecule has 0 radical (unpaired) electrons. The van der Waals surface area contributed by atoms with Crippen molar-refractivity contribution in [1.29, 1.82) is 0 Å². The molecular formula is C27H38N2O6S. The molecule has 0 saturated heterocycles. The number of nitrogens with zero attached hydrogens (tertiary/aromatic N) is 2. The lowest BCUT2D eigenvalue weighted by Crippen LogP contribution is -2.44. The van der Waals surface area contributed by atoms with E-state index < -0.39 is 23.8 Å². The third-order valence-corrected chi connectivity index (χ3v) is 6.65. The molecule has 198 valence electrons. The van der Waals surface area contributed by atoms with Crippen molar-refractivity contribution in [2.75, 3.05) is 13.7 Å². The largest absolute Gasteiger partial charge is 0.455 e. The number of carbonyl (C=O) groups is 3. The first-order chi connectivity index (χ1) is 16.9. The highest BCUT2D eigenvalue weighted by molar-refractivity contribution is 7.12. The summed E-state index contributed by atoms with van der Waals surface area (Å²) in [5, 5.41) is 0.522. The normalized spacial score (nSPS) is 13.2. The lowest BCUT2D eigenvalue weighted by molar-refractivity contribution is -0.147. The molecule has 2 unspecified atom stereocenters. The van der Waals surface area contributed by atoms with Crippen LogP contribution < -0.4 is 0 Å². The standard InChI is InChI=1S/C27H38N2O6S/c1-18(2)22(29(7)26(32)35-27(4,5)6)15-23(34-19(3)31)25-28-21(16-30)24(36-25)13-14-33-17-20-11-9-8-10-12-20/h8-12,16,18,22-23H,13-15,17H2,1-7H3. The average Bonchev–Trinajstić information content (AvgIpc) is 3.21. The van der Waals surface area contributed by atoms with Gasteiger partial charge in [-0.05, 0) is 32.3 Å². The van der Waals surface area contributed by atoms with Gasteiger partial charge >= 0.3 is 12.1 Å². The van der Waals surface area contributed by atoms with Crippen LogP contribution >= 0.6 is 11.3 Å². The van der Waals surface area contributed by atoms with Gasteiger partial charge in [0.25, 0.3) is 0 Å². The fourth-order valence-corrected chi connectivity index (χ4v) is 4.74. The van der Waals surface area contributed by atoms with Gasteiger partial charge in [0, 0.05) is 37.7 Å². The predicted molar refractivity (Wildman–Crippen MR) is 139 cm³/mol. The highest BCUT2D eigenvalue weighted by atomic mass is 32.1. The molecular weight excluding hydrogens is 480 g/mol. The third kappa shape index (κ3) is 9.35. The zero-order chi connectivity index (χ0) is 26.9. The molecule has 8 nitrogen and oxygen atoms in total. The maximum absolute atomic E-state index is 12.7. The molecule has 36 heavy (non-hydrogen) atoms. The summed E-state index contributed by atoms with van der Waals surface area (Å²) in [6.45, 7) is 11.7. The summed E-state index contributed by atoms with van der Waals surface area (Å²) >= 11 is 1.33. The number of benzene rings is 1. The smallest absolute Gasteiger partial charge is 0.410 e. The number of carbonyl (C=O) groups excluding carboxylic acids is 3. The van der Waals surface area contributed by atoms with Gasteiger partial charge in [-0.2, -0.15) is 0 Å². The molecule has 2 atom stereocenters. The molecule has 0 bridgehead atoms. The van der Waals surface area contributed by atoms with E-state index in [0.29, 0.717) is 43.0 Å². The average molecular weight is 519 g/mol. The topological polar surface area (TPSA) is 95.0 Å². The van der Waals surface area contributed by atoms with Gasteiger partial charge in [-0.3, -0.25) is 9.59 Å². The van der Waals surface area contributed by atoms with Crippen molar-refractivity contribution < 1.29 is 28.6 Å². The number of aromatic nitrogens is 1. The van der Waals surface area contributed by atoms with E-state index in [4.69, 9.17) is 14.2 Å². The van der Waals surface area contributed by atoms with E-state index >= 15 is 0 Å². The number of hydrogen-bond donors (Lipinski definition) is 0. The van der Waals surface area contributed by atoms with Gasteiger partial charge < -0.3 is 19.1 Å². The summed E-state index contributed by atoms with van der Waals surface area (Å²) in [4.78, 5) is 43.2. The Morgan fingerprint density at radius 3 is 2.39 bits per heavy atom. The zero-order valence-corrected chi connectivity index (χ0v) is 23.1. The van der Waals surface area contributed by atoms with Gasteiger partial charge in [-0.15, -0.1) is 11.3 Å². The third-order valence-electron chi connectivity index (χ3n) is 5.43. The highest BCUT2D eigenvalue weighted by Gasteiger charge is 2.32. The Balaban J connectivity index is 2.17.